The van der Waals surface area contributed by atoms with Gasteiger partial charge in [0.2, 0.25) is 5.91 Å². The van der Waals surface area contributed by atoms with Crippen LogP contribution in [0.3, 0.4) is 0 Å². The number of hydrogen-bond donors (Lipinski definition) is 2. The molecule has 0 radical (unpaired) electrons. The molecule has 4 nitrogen and oxygen atoms in total. The van der Waals surface area contributed by atoms with E-state index in [1.54, 1.807) is 10.8 Å². The summed E-state index contributed by atoms with van der Waals surface area (Å²) in [5.41, 5.74) is -0.411. The van der Waals surface area contributed by atoms with Crippen LogP contribution in [0.1, 0.15) is 26.7 Å². The molecule has 1 atom stereocenters. The lowest BCUT2D eigenvalue weighted by Crippen LogP contribution is -2.51. The Morgan fingerprint density at radius 1 is 1.50 bits per heavy atom. The molecule has 2 N–H and O–H groups in total. The van der Waals surface area contributed by atoms with E-state index in [2.05, 4.69) is 5.32 Å². The first-order valence-electron chi connectivity index (χ1n) is 5.34. The van der Waals surface area contributed by atoms with Crippen LogP contribution in [0.4, 0.5) is 0 Å². The third kappa shape index (κ3) is 2.85. The van der Waals surface area contributed by atoms with Crippen LogP contribution in [-0.2, 0) is 9.59 Å². The predicted octanol–water partition coefficient (Wildman–Crippen LogP) is 1.76. The Hall–Kier alpha value is -0.360. The molecule has 92 valence electrons. The average Bonchev–Trinajstić information content (AvgIpc) is 2.25. The maximum atomic E-state index is 12.1. The molecule has 0 aromatic heterocycles. The summed E-state index contributed by atoms with van der Waals surface area (Å²) in [6, 6.07) is -0.761. The van der Waals surface area contributed by atoms with Crippen LogP contribution in [0.25, 0.3) is 0 Å². The number of carbonyl (C=O) groups is 2. The zero-order valence-electron chi connectivity index (χ0n) is 9.49. The van der Waals surface area contributed by atoms with E-state index in [0.29, 0.717) is 5.75 Å². The average molecular weight is 263 g/mol. The van der Waals surface area contributed by atoms with Crippen molar-refractivity contribution in [2.24, 2.45) is 5.41 Å². The van der Waals surface area contributed by atoms with Gasteiger partial charge in [-0.15, -0.1) is 0 Å². The molecule has 1 rings (SSSR count). The quantitative estimate of drug-likeness (QED) is 0.759. The summed E-state index contributed by atoms with van der Waals surface area (Å²) >= 11 is 0. The van der Waals surface area contributed by atoms with Crippen LogP contribution in [-0.4, -0.2) is 34.5 Å². The first-order chi connectivity index (χ1) is 7.55. The molecule has 1 aliphatic rings. The molecule has 0 aromatic rings. The fourth-order valence-electron chi connectivity index (χ4n) is 1.60. The number of amides is 1. The molecule has 0 spiro atoms. The van der Waals surface area contributed by atoms with E-state index in [4.69, 9.17) is 5.11 Å². The molecule has 16 heavy (non-hydrogen) atoms. The van der Waals surface area contributed by atoms with E-state index in [0.717, 1.165) is 18.6 Å². The third-order valence-electron chi connectivity index (χ3n) is 3.09. The maximum absolute atomic E-state index is 12.1. The Bertz CT molecular complexity index is 279. The smallest absolute Gasteiger partial charge is 0.327 e. The van der Waals surface area contributed by atoms with E-state index >= 15 is 0 Å². The van der Waals surface area contributed by atoms with Gasteiger partial charge in [0.25, 0.3) is 0 Å². The van der Waals surface area contributed by atoms with Gasteiger partial charge < -0.3 is 10.4 Å². The number of nitrogens with one attached hydrogen (secondary N) is 1. The minimum absolute atomic E-state index is 0.113. The number of rotatable bonds is 3. The Kier molecular flexibility index (Phi) is 4.98. The second-order valence-electron chi connectivity index (χ2n) is 3.90. The number of carboxylic acids is 1. The van der Waals surface area contributed by atoms with E-state index in [1.165, 1.54) is 10.8 Å². The van der Waals surface area contributed by atoms with Crippen LogP contribution in [0.5, 0.6) is 0 Å². The van der Waals surface area contributed by atoms with Gasteiger partial charge in [-0.3, -0.25) is 4.79 Å². The molecule has 1 saturated heterocycles. The Balaban J connectivity index is 2.83. The lowest BCUT2D eigenvalue weighted by Gasteiger charge is -2.33. The summed E-state index contributed by atoms with van der Waals surface area (Å²) in [5.74, 6) is 0.111. The largest absolute Gasteiger partial charge is 0.480 e. The molecule has 0 aliphatic carbocycles. The first kappa shape index (κ1) is 13.7. The Morgan fingerprint density at radius 3 is 2.62 bits per heavy atom. The van der Waals surface area contributed by atoms with Gasteiger partial charge >= 0.3 is 5.97 Å². The highest BCUT2D eigenvalue weighted by atomic mass is 33.1. The SMILES string of the molecule is CCC1(CC)CSSC[C@@H](C(=O)O)NC1=O. The molecule has 0 saturated carbocycles. The van der Waals surface area contributed by atoms with Crippen LogP contribution in [0.15, 0.2) is 0 Å². The van der Waals surface area contributed by atoms with Gasteiger partial charge in [0.15, 0.2) is 0 Å². The van der Waals surface area contributed by atoms with Crippen molar-refractivity contribution < 1.29 is 14.7 Å². The maximum Gasteiger partial charge on any atom is 0.327 e. The van der Waals surface area contributed by atoms with Crippen LogP contribution in [0, 0.1) is 5.41 Å². The summed E-state index contributed by atoms with van der Waals surface area (Å²) in [4.78, 5) is 23.0. The van der Waals surface area contributed by atoms with Crippen molar-refractivity contribution >= 4 is 33.5 Å². The fraction of sp³-hybridized carbons (Fsp3) is 0.800. The minimum Gasteiger partial charge on any atom is -0.480 e. The number of carbonyl (C=O) groups excluding carboxylic acids is 1. The molecule has 6 heteroatoms. The zero-order valence-corrected chi connectivity index (χ0v) is 11.1. The number of hydrogen-bond acceptors (Lipinski definition) is 4. The zero-order chi connectivity index (χ0) is 12.2. The summed E-state index contributed by atoms with van der Waals surface area (Å²) in [6.45, 7) is 3.96. The monoisotopic (exact) mass is 263 g/mol. The van der Waals surface area contributed by atoms with Crippen molar-refractivity contribution in [3.05, 3.63) is 0 Å². The van der Waals surface area contributed by atoms with Gasteiger partial charge in [-0.05, 0) is 12.8 Å². The van der Waals surface area contributed by atoms with Crippen molar-refractivity contribution in [1.82, 2.24) is 5.32 Å². The van der Waals surface area contributed by atoms with Crippen molar-refractivity contribution in [3.8, 4) is 0 Å². The highest BCUT2D eigenvalue weighted by Gasteiger charge is 2.38. The Morgan fingerprint density at radius 2 is 2.12 bits per heavy atom. The second kappa shape index (κ2) is 5.82. The summed E-state index contributed by atoms with van der Waals surface area (Å²) in [5, 5.41) is 11.6. The van der Waals surface area contributed by atoms with E-state index in [-0.39, 0.29) is 5.91 Å². The van der Waals surface area contributed by atoms with Crippen LogP contribution >= 0.6 is 21.6 Å². The summed E-state index contributed by atoms with van der Waals surface area (Å²) in [6.07, 6.45) is 1.49. The van der Waals surface area contributed by atoms with Crippen molar-refractivity contribution in [1.29, 1.82) is 0 Å². The standard InChI is InChI=1S/C10H17NO3S2/c1-3-10(4-2)6-16-15-5-7(8(12)13)11-9(10)14/h7H,3-6H2,1-2H3,(H,11,14)(H,12,13)/t7-/m0/s1. The molecule has 1 aliphatic heterocycles. The summed E-state index contributed by atoms with van der Waals surface area (Å²) < 4.78 is 0. The van der Waals surface area contributed by atoms with Gasteiger partial charge in [-0.2, -0.15) is 0 Å². The van der Waals surface area contributed by atoms with Gasteiger partial charge in [0.05, 0.1) is 5.41 Å². The minimum atomic E-state index is -0.954. The van der Waals surface area contributed by atoms with E-state index in [9.17, 15) is 9.59 Å². The predicted molar refractivity (Wildman–Crippen MR) is 67.5 cm³/mol. The second-order valence-corrected chi connectivity index (χ2v) is 6.41. The third-order valence-corrected chi connectivity index (χ3v) is 5.66. The molecule has 1 amide bonds. The first-order valence-corrected chi connectivity index (χ1v) is 7.82. The number of carboxylic acid groups (broad SMARTS) is 1. The Labute approximate surface area is 103 Å². The van der Waals surface area contributed by atoms with Crippen molar-refractivity contribution in [3.63, 3.8) is 0 Å². The van der Waals surface area contributed by atoms with Gasteiger partial charge in [0, 0.05) is 11.5 Å². The van der Waals surface area contributed by atoms with E-state index in [1.807, 2.05) is 13.8 Å². The van der Waals surface area contributed by atoms with Crippen molar-refractivity contribution in [2.75, 3.05) is 11.5 Å². The van der Waals surface area contributed by atoms with Crippen LogP contribution < -0.4 is 5.32 Å². The molecule has 1 heterocycles. The van der Waals surface area contributed by atoms with Gasteiger partial charge in [-0.1, -0.05) is 35.4 Å². The van der Waals surface area contributed by atoms with Crippen molar-refractivity contribution in [2.45, 2.75) is 32.7 Å². The molecule has 0 aromatic carbocycles. The molecule has 1 fully saturated rings. The summed E-state index contributed by atoms with van der Waals surface area (Å²) in [7, 11) is 3.12. The lowest BCUT2D eigenvalue weighted by atomic mass is 9.83. The van der Waals surface area contributed by atoms with Gasteiger partial charge in [0.1, 0.15) is 6.04 Å². The lowest BCUT2D eigenvalue weighted by molar-refractivity contribution is -0.143. The van der Waals surface area contributed by atoms with Gasteiger partial charge in [-0.25, -0.2) is 4.79 Å². The molecular weight excluding hydrogens is 246 g/mol. The fourth-order valence-corrected chi connectivity index (χ4v) is 4.53. The highest BCUT2D eigenvalue weighted by molar-refractivity contribution is 8.76. The molecular formula is C10H17NO3S2. The highest BCUT2D eigenvalue weighted by Crippen LogP contribution is 2.37. The molecule has 0 bridgehead atoms. The van der Waals surface area contributed by atoms with Crippen LogP contribution in [0.2, 0.25) is 0 Å². The normalized spacial score (nSPS) is 25.4. The molecule has 0 unspecified atom stereocenters. The topological polar surface area (TPSA) is 66.4 Å². The number of aliphatic carboxylic acids is 1. The van der Waals surface area contributed by atoms with E-state index < -0.39 is 17.4 Å².